The first-order chi connectivity index (χ1) is 12.1. The summed E-state index contributed by atoms with van der Waals surface area (Å²) in [6, 6.07) is 10.8. The van der Waals surface area contributed by atoms with Gasteiger partial charge < -0.3 is 9.25 Å². The molecule has 2 aromatic rings. The number of halogens is 1. The van der Waals surface area contributed by atoms with E-state index in [2.05, 4.69) is 17.0 Å². The maximum absolute atomic E-state index is 12.6. The number of likely N-dealkylation sites (tertiary alicyclic amines) is 1. The van der Waals surface area contributed by atoms with Crippen molar-refractivity contribution >= 4 is 23.2 Å². The average Bonchev–Trinajstić information content (AvgIpc) is 3.29. The summed E-state index contributed by atoms with van der Waals surface area (Å²) in [6.07, 6.45) is 0.348. The molecule has 1 fully saturated rings. The highest BCUT2D eigenvalue weighted by Crippen LogP contribution is 2.32. The number of rotatable bonds is 1. The van der Waals surface area contributed by atoms with Crippen molar-refractivity contribution in [3.63, 3.8) is 0 Å². The first-order valence-corrected chi connectivity index (χ1v) is 8.38. The van der Waals surface area contributed by atoms with Crippen LogP contribution in [0.3, 0.4) is 0 Å². The van der Waals surface area contributed by atoms with E-state index in [1.165, 1.54) is 0 Å². The van der Waals surface area contributed by atoms with Gasteiger partial charge in [-0.2, -0.15) is 0 Å². The van der Waals surface area contributed by atoms with Gasteiger partial charge in [0.2, 0.25) is 6.23 Å². The van der Waals surface area contributed by atoms with E-state index in [0.717, 1.165) is 12.0 Å². The first-order valence-electron chi connectivity index (χ1n) is 8.00. The molecule has 2 aliphatic heterocycles. The number of oxime groups is 1. The van der Waals surface area contributed by atoms with Crippen LogP contribution in [0.15, 0.2) is 46.0 Å². The molecule has 25 heavy (non-hydrogen) atoms. The lowest BCUT2D eigenvalue weighted by Crippen LogP contribution is -2.37. The average molecular weight is 355 g/mol. The lowest BCUT2D eigenvalue weighted by atomic mass is 10.0. The number of nitrogens with zero attached hydrogens (tertiary/aromatic N) is 2. The topological polar surface area (TPSA) is 55.0 Å². The zero-order chi connectivity index (χ0) is 17.4. The number of carbonyl (C=O) groups excluding carboxylic acids is 1. The predicted octanol–water partition coefficient (Wildman–Crippen LogP) is 3.47. The maximum Gasteiger partial charge on any atom is 0.292 e. The lowest BCUT2D eigenvalue weighted by Gasteiger charge is -2.20. The third kappa shape index (κ3) is 3.01. The van der Waals surface area contributed by atoms with Crippen LogP contribution in [0.25, 0.3) is 0 Å². The van der Waals surface area contributed by atoms with E-state index in [0.29, 0.717) is 28.8 Å². The Labute approximate surface area is 150 Å². The Hall–Kier alpha value is -2.71. The fourth-order valence-corrected chi connectivity index (χ4v) is 3.26. The molecule has 2 aliphatic rings. The van der Waals surface area contributed by atoms with Gasteiger partial charge in [-0.25, -0.2) is 0 Å². The van der Waals surface area contributed by atoms with Gasteiger partial charge in [0.05, 0.1) is 5.92 Å². The van der Waals surface area contributed by atoms with Crippen LogP contribution in [0.5, 0.6) is 0 Å². The van der Waals surface area contributed by atoms with Crippen molar-refractivity contribution in [1.82, 2.24) is 4.90 Å². The quantitative estimate of drug-likeness (QED) is 0.737. The Morgan fingerprint density at radius 3 is 2.96 bits per heavy atom. The predicted molar refractivity (Wildman–Crippen MR) is 93.2 cm³/mol. The summed E-state index contributed by atoms with van der Waals surface area (Å²) in [4.78, 5) is 19.7. The summed E-state index contributed by atoms with van der Waals surface area (Å²) >= 11 is 5.97. The second-order valence-electron chi connectivity index (χ2n) is 6.04. The molecular formula is C19H15ClN2O3. The smallest absolute Gasteiger partial charge is 0.292 e. The second kappa shape index (κ2) is 6.30. The molecule has 1 amide bonds. The van der Waals surface area contributed by atoms with Gasteiger partial charge in [0.15, 0.2) is 5.76 Å². The zero-order valence-electron chi connectivity index (χ0n) is 13.5. The van der Waals surface area contributed by atoms with Crippen molar-refractivity contribution in [2.75, 3.05) is 6.54 Å². The van der Waals surface area contributed by atoms with Crippen LogP contribution < -0.4 is 0 Å². The fraction of sp³-hybridized carbons (Fsp3) is 0.263. The fourth-order valence-electron chi connectivity index (χ4n) is 3.07. The van der Waals surface area contributed by atoms with Crippen LogP contribution in [-0.4, -0.2) is 29.3 Å². The molecule has 1 aromatic carbocycles. The minimum atomic E-state index is -0.415. The molecule has 2 unspecified atom stereocenters. The van der Waals surface area contributed by atoms with E-state index in [4.69, 9.17) is 20.9 Å². The van der Waals surface area contributed by atoms with Gasteiger partial charge in [0.1, 0.15) is 11.5 Å². The first kappa shape index (κ1) is 15.8. The van der Waals surface area contributed by atoms with Crippen molar-refractivity contribution in [3.8, 4) is 11.8 Å². The summed E-state index contributed by atoms with van der Waals surface area (Å²) in [5.74, 6) is 6.94. The number of carbonyl (C=O) groups is 1. The molecule has 0 spiro atoms. The van der Waals surface area contributed by atoms with Gasteiger partial charge in [0.25, 0.3) is 5.91 Å². The standard InChI is InChI=1S/C19H15ClN2O3/c1-12-5-8-17(24-12)18(23)22-10-9-15-16(21-25-19(15)22)7-6-13-3-2-4-14(20)11-13/h2-5,8,11,15,19H,9-10H2,1H3. The Balaban J connectivity index is 1.49. The van der Waals surface area contributed by atoms with Crippen molar-refractivity contribution in [1.29, 1.82) is 0 Å². The van der Waals surface area contributed by atoms with Crippen LogP contribution in [0, 0.1) is 24.7 Å². The van der Waals surface area contributed by atoms with Crippen LogP contribution >= 0.6 is 11.6 Å². The summed E-state index contributed by atoms with van der Waals surface area (Å²) < 4.78 is 5.42. The molecule has 1 saturated heterocycles. The van der Waals surface area contributed by atoms with Gasteiger partial charge in [-0.15, -0.1) is 0 Å². The minimum absolute atomic E-state index is 0.00769. The summed E-state index contributed by atoms with van der Waals surface area (Å²) in [5, 5.41) is 4.71. The summed E-state index contributed by atoms with van der Waals surface area (Å²) in [6.45, 7) is 2.40. The van der Waals surface area contributed by atoms with Gasteiger partial charge in [0, 0.05) is 17.1 Å². The van der Waals surface area contributed by atoms with E-state index >= 15 is 0 Å². The third-order valence-electron chi connectivity index (χ3n) is 4.31. The van der Waals surface area contributed by atoms with Crippen molar-refractivity contribution in [2.45, 2.75) is 19.6 Å². The van der Waals surface area contributed by atoms with Crippen LogP contribution in [0.1, 0.15) is 28.3 Å². The molecule has 1 aromatic heterocycles. The Morgan fingerprint density at radius 2 is 2.20 bits per heavy atom. The number of furan rings is 1. The molecule has 5 nitrogen and oxygen atoms in total. The molecule has 126 valence electrons. The SMILES string of the molecule is Cc1ccc(C(=O)N2CCC3C(C#Cc4cccc(Cl)c4)=NOC32)o1. The van der Waals surface area contributed by atoms with E-state index in [1.54, 1.807) is 29.2 Å². The van der Waals surface area contributed by atoms with Crippen molar-refractivity contribution < 1.29 is 14.0 Å². The monoisotopic (exact) mass is 354 g/mol. The lowest BCUT2D eigenvalue weighted by molar-refractivity contribution is -0.0187. The minimum Gasteiger partial charge on any atom is -0.456 e. The molecule has 2 atom stereocenters. The highest BCUT2D eigenvalue weighted by Gasteiger charge is 2.46. The van der Waals surface area contributed by atoms with Crippen molar-refractivity contribution in [2.24, 2.45) is 11.1 Å². The van der Waals surface area contributed by atoms with Crippen LogP contribution in [0.2, 0.25) is 5.02 Å². The Bertz CT molecular complexity index is 922. The van der Waals surface area contributed by atoms with Gasteiger partial charge in [-0.05, 0) is 49.6 Å². The number of hydrogen-bond donors (Lipinski definition) is 0. The molecule has 0 radical (unpaired) electrons. The zero-order valence-corrected chi connectivity index (χ0v) is 14.3. The number of benzene rings is 1. The van der Waals surface area contributed by atoms with Gasteiger partial charge >= 0.3 is 0 Å². The Kier molecular flexibility index (Phi) is 3.98. The highest BCUT2D eigenvalue weighted by atomic mass is 35.5. The van der Waals surface area contributed by atoms with Gasteiger partial charge in [-0.3, -0.25) is 9.69 Å². The van der Waals surface area contributed by atoms with E-state index < -0.39 is 6.23 Å². The van der Waals surface area contributed by atoms with E-state index in [1.807, 2.05) is 19.1 Å². The molecule has 0 saturated carbocycles. The molecule has 0 N–H and O–H groups in total. The number of hydrogen-bond acceptors (Lipinski definition) is 4. The highest BCUT2D eigenvalue weighted by molar-refractivity contribution is 6.30. The van der Waals surface area contributed by atoms with Crippen molar-refractivity contribution in [3.05, 3.63) is 58.5 Å². The second-order valence-corrected chi connectivity index (χ2v) is 6.47. The molecule has 4 rings (SSSR count). The van der Waals surface area contributed by atoms with E-state index in [-0.39, 0.29) is 11.8 Å². The van der Waals surface area contributed by atoms with Gasteiger partial charge in [-0.1, -0.05) is 28.7 Å². The number of fused-ring (bicyclic) bond motifs is 1. The molecule has 0 bridgehead atoms. The third-order valence-corrected chi connectivity index (χ3v) is 4.55. The molecular weight excluding hydrogens is 340 g/mol. The molecule has 6 heteroatoms. The number of amides is 1. The van der Waals surface area contributed by atoms with E-state index in [9.17, 15) is 4.79 Å². The molecule has 3 heterocycles. The van der Waals surface area contributed by atoms with Crippen LogP contribution in [-0.2, 0) is 4.84 Å². The Morgan fingerprint density at radius 1 is 1.32 bits per heavy atom. The molecule has 0 aliphatic carbocycles. The number of aryl methyl sites for hydroxylation is 1. The normalized spacial score (nSPS) is 21.2. The largest absolute Gasteiger partial charge is 0.456 e. The van der Waals surface area contributed by atoms with Crippen LogP contribution in [0.4, 0.5) is 0 Å². The maximum atomic E-state index is 12.6. The summed E-state index contributed by atoms with van der Waals surface area (Å²) in [7, 11) is 0. The summed E-state index contributed by atoms with van der Waals surface area (Å²) in [5.41, 5.74) is 1.48.